The second-order valence-corrected chi connectivity index (χ2v) is 17.7. The van der Waals surface area contributed by atoms with Crippen molar-refractivity contribution in [2.75, 3.05) is 26.4 Å². The molecule has 0 saturated carbocycles. The van der Waals surface area contributed by atoms with E-state index in [-0.39, 0.29) is 10.1 Å². The smallest absolute Gasteiger partial charge is 0.374 e. The van der Waals surface area contributed by atoms with Gasteiger partial charge in [0.25, 0.3) is 0 Å². The Balaban J connectivity index is 6.23. The summed E-state index contributed by atoms with van der Waals surface area (Å²) in [6.07, 6.45) is 8.25. The van der Waals surface area contributed by atoms with Crippen LogP contribution in [0.2, 0.25) is 10.1 Å². The zero-order chi connectivity index (χ0) is 24.0. The van der Waals surface area contributed by atoms with Crippen LogP contribution in [0, 0.1) is 0 Å². The van der Waals surface area contributed by atoms with Crippen LogP contribution >= 0.6 is 0 Å². The normalized spacial score (nSPS) is 13.7. The van der Waals surface area contributed by atoms with Crippen molar-refractivity contribution in [3.05, 3.63) is 0 Å². The third-order valence-corrected chi connectivity index (χ3v) is 13.4. The molecule has 0 aromatic carbocycles. The highest BCUT2D eigenvalue weighted by Gasteiger charge is 2.64. The van der Waals surface area contributed by atoms with E-state index in [0.717, 1.165) is 51.4 Å². The maximum atomic E-state index is 7.13. The Kier molecular flexibility index (Phi) is 15.3. The predicted molar refractivity (Wildman–Crippen MR) is 135 cm³/mol. The van der Waals surface area contributed by atoms with E-state index >= 15 is 0 Å². The van der Waals surface area contributed by atoms with Crippen LogP contribution in [0.1, 0.15) is 121 Å². The van der Waals surface area contributed by atoms with Gasteiger partial charge in [0, 0.05) is 36.5 Å². The van der Waals surface area contributed by atoms with Gasteiger partial charge in [-0.05, 0) is 25.7 Å². The molecule has 0 radical (unpaired) electrons. The fraction of sp³-hybridized carbons (Fsp3) is 1.00. The molecule has 7 heteroatoms. The van der Waals surface area contributed by atoms with Crippen LogP contribution in [0.3, 0.4) is 0 Å². The van der Waals surface area contributed by atoms with Crippen LogP contribution in [-0.2, 0) is 21.8 Å². The first-order valence-electron chi connectivity index (χ1n) is 12.7. The largest absolute Gasteiger partial charge is 0.499 e. The van der Waals surface area contributed by atoms with Crippen molar-refractivity contribution in [1.82, 2.24) is 0 Å². The lowest BCUT2D eigenvalue weighted by Gasteiger charge is -2.48. The molecule has 0 aliphatic rings. The maximum Gasteiger partial charge on any atom is 0.499 e. The minimum atomic E-state index is -3.13. The van der Waals surface area contributed by atoms with Crippen LogP contribution in [0.5, 0.6) is 0 Å². The molecule has 0 rings (SSSR count). The lowest BCUT2D eigenvalue weighted by molar-refractivity contribution is 0.0151. The summed E-state index contributed by atoms with van der Waals surface area (Å²) in [7, 11) is -6.25. The molecule has 0 bridgehead atoms. The van der Waals surface area contributed by atoms with Gasteiger partial charge in [-0.15, -0.1) is 0 Å². The molecule has 5 nitrogen and oxygen atoms in total. The van der Waals surface area contributed by atoms with Crippen LogP contribution in [0.25, 0.3) is 0 Å². The highest BCUT2D eigenvalue weighted by molar-refractivity contribution is 6.78. The third kappa shape index (κ3) is 10.4. The molecule has 0 aliphatic heterocycles. The van der Waals surface area contributed by atoms with Gasteiger partial charge < -0.3 is 21.8 Å². The Labute approximate surface area is 196 Å². The van der Waals surface area contributed by atoms with Gasteiger partial charge in [0.1, 0.15) is 0 Å². The van der Waals surface area contributed by atoms with Crippen molar-refractivity contribution in [2.24, 2.45) is 0 Å². The summed E-state index contributed by atoms with van der Waals surface area (Å²) >= 11 is 0. The summed E-state index contributed by atoms with van der Waals surface area (Å²) in [5.74, 6) is 0. The van der Waals surface area contributed by atoms with Crippen molar-refractivity contribution in [2.45, 2.75) is 131 Å². The molecule has 0 atom stereocenters. The first kappa shape index (κ1) is 31.2. The van der Waals surface area contributed by atoms with Crippen molar-refractivity contribution in [3.63, 3.8) is 0 Å². The Bertz CT molecular complexity index is 386. The van der Waals surface area contributed by atoms with Gasteiger partial charge in [0.05, 0.1) is 0 Å². The highest BCUT2D eigenvalue weighted by atomic mass is 28.5. The Morgan fingerprint density at radius 1 is 0.452 bits per heavy atom. The summed E-state index contributed by atoms with van der Waals surface area (Å²) < 4.78 is 33.6. The first-order chi connectivity index (χ1) is 14.4. The molecule has 0 heterocycles. The molecule has 0 saturated heterocycles. The van der Waals surface area contributed by atoms with E-state index in [1.165, 1.54) is 0 Å². The lowest BCUT2D eigenvalue weighted by atomic mass is 10.3. The Hall–Kier alpha value is 0.234. The summed E-state index contributed by atoms with van der Waals surface area (Å²) in [6.45, 7) is 24.4. The topological polar surface area (TPSA) is 46.2 Å². The second kappa shape index (κ2) is 15.2. The van der Waals surface area contributed by atoms with Gasteiger partial charge >= 0.3 is 17.6 Å². The SMILES string of the molecule is CCCCO[Si](OCCCC)(O[Si](OCCCC)(OCCCC)C(C)(C)C)C(C)(C)C. The summed E-state index contributed by atoms with van der Waals surface area (Å²) in [5, 5.41) is -0.555. The molecule has 0 spiro atoms. The average Bonchev–Trinajstić information content (AvgIpc) is 2.66. The van der Waals surface area contributed by atoms with E-state index in [0.29, 0.717) is 26.4 Å². The van der Waals surface area contributed by atoms with Crippen molar-refractivity contribution < 1.29 is 21.8 Å². The Morgan fingerprint density at radius 2 is 0.677 bits per heavy atom. The molecule has 0 N–H and O–H groups in total. The summed E-state index contributed by atoms with van der Waals surface area (Å²) in [6, 6.07) is 0. The van der Waals surface area contributed by atoms with Crippen molar-refractivity contribution in [3.8, 4) is 0 Å². The van der Waals surface area contributed by atoms with Crippen molar-refractivity contribution >= 4 is 17.6 Å². The van der Waals surface area contributed by atoms with Gasteiger partial charge in [0.2, 0.25) is 0 Å². The number of rotatable bonds is 18. The molecule has 0 aromatic heterocycles. The molecule has 0 unspecified atom stereocenters. The quantitative estimate of drug-likeness (QED) is 0.149. The van der Waals surface area contributed by atoms with Gasteiger partial charge in [-0.25, -0.2) is 0 Å². The number of hydrogen-bond donors (Lipinski definition) is 0. The Morgan fingerprint density at radius 3 is 0.839 bits per heavy atom. The van der Waals surface area contributed by atoms with Gasteiger partial charge in [-0.1, -0.05) is 94.9 Å². The standard InChI is InChI=1S/C24H54O5Si2/c1-11-15-19-25-30(23(5,6)7,26-20-16-12-2)29-31(24(8,9)10,27-21-17-13-3)28-22-18-14-4/h11-22H2,1-10H3. The maximum absolute atomic E-state index is 7.13. The summed E-state index contributed by atoms with van der Waals surface area (Å²) in [5.41, 5.74) is 0. The molecule has 0 aliphatic carbocycles. The van der Waals surface area contributed by atoms with Crippen molar-refractivity contribution in [1.29, 1.82) is 0 Å². The average molecular weight is 479 g/mol. The molecular weight excluding hydrogens is 424 g/mol. The second-order valence-electron chi connectivity index (χ2n) is 10.5. The molecule has 31 heavy (non-hydrogen) atoms. The van der Waals surface area contributed by atoms with Gasteiger partial charge in [-0.3, -0.25) is 0 Å². The van der Waals surface area contributed by atoms with E-state index in [4.69, 9.17) is 21.8 Å². The van der Waals surface area contributed by atoms with E-state index < -0.39 is 17.6 Å². The molecule has 0 amide bonds. The van der Waals surface area contributed by atoms with E-state index in [1.807, 2.05) is 0 Å². The van der Waals surface area contributed by atoms with Crippen LogP contribution in [-0.4, -0.2) is 44.0 Å². The molecule has 0 fully saturated rings. The van der Waals surface area contributed by atoms with Gasteiger partial charge in [-0.2, -0.15) is 0 Å². The van der Waals surface area contributed by atoms with Crippen LogP contribution in [0.15, 0.2) is 0 Å². The molecule has 0 aromatic rings. The first-order valence-corrected chi connectivity index (χ1v) is 16.2. The predicted octanol–water partition coefficient (Wildman–Crippen LogP) is 7.75. The zero-order valence-electron chi connectivity index (χ0n) is 22.5. The zero-order valence-corrected chi connectivity index (χ0v) is 24.5. The number of hydrogen-bond acceptors (Lipinski definition) is 5. The number of unbranched alkanes of at least 4 members (excludes halogenated alkanes) is 4. The lowest BCUT2D eigenvalue weighted by Crippen LogP contribution is -2.66. The minimum Gasteiger partial charge on any atom is -0.374 e. The monoisotopic (exact) mass is 478 g/mol. The fourth-order valence-corrected chi connectivity index (χ4v) is 11.3. The van der Waals surface area contributed by atoms with E-state index in [1.54, 1.807) is 0 Å². The van der Waals surface area contributed by atoms with Crippen LogP contribution in [0.4, 0.5) is 0 Å². The van der Waals surface area contributed by atoms with Gasteiger partial charge in [0.15, 0.2) is 0 Å². The summed E-state index contributed by atoms with van der Waals surface area (Å²) in [4.78, 5) is 0. The minimum absolute atomic E-state index is 0.278. The van der Waals surface area contributed by atoms with E-state index in [2.05, 4.69) is 69.2 Å². The molecule has 188 valence electrons. The highest BCUT2D eigenvalue weighted by Crippen LogP contribution is 2.47. The van der Waals surface area contributed by atoms with E-state index in [9.17, 15) is 0 Å². The fourth-order valence-electron chi connectivity index (χ4n) is 2.95. The van der Waals surface area contributed by atoms with Crippen LogP contribution < -0.4 is 0 Å². The molecular formula is C24H54O5Si2. The third-order valence-electron chi connectivity index (χ3n) is 5.27.